The minimum Gasteiger partial charge on any atom is -0.493 e. The normalized spacial score (nSPS) is 15.8. The van der Waals surface area contributed by atoms with E-state index in [0.29, 0.717) is 12.6 Å². The highest BCUT2D eigenvalue weighted by Crippen LogP contribution is 2.35. The number of benzene rings is 6. The van der Waals surface area contributed by atoms with E-state index in [9.17, 15) is 0 Å². The van der Waals surface area contributed by atoms with Gasteiger partial charge in [0.1, 0.15) is 17.5 Å². The van der Waals surface area contributed by atoms with Crippen LogP contribution in [-0.4, -0.2) is 18.9 Å². The maximum atomic E-state index is 5.81. The van der Waals surface area contributed by atoms with Crippen molar-refractivity contribution in [3.05, 3.63) is 203 Å². The summed E-state index contributed by atoms with van der Waals surface area (Å²) >= 11 is 0. The SMILES string of the molecule is c1ccc(C(N=C2CCOc3ccccc32)c2ccccc2)cc1.c1ccc(C(N[C@@H]2CCOc3ccccc32)c2ccccc2)cc1. The lowest BCUT2D eigenvalue weighted by Crippen LogP contribution is -2.31. The zero-order valence-corrected chi connectivity index (χ0v) is 27.0. The van der Waals surface area contributed by atoms with Gasteiger partial charge in [-0.3, -0.25) is 10.3 Å². The average molecular weight is 629 g/mol. The molecule has 0 saturated heterocycles. The number of para-hydroxylation sites is 2. The van der Waals surface area contributed by atoms with Crippen LogP contribution in [-0.2, 0) is 0 Å². The zero-order chi connectivity index (χ0) is 32.4. The van der Waals surface area contributed by atoms with Gasteiger partial charge in [0, 0.05) is 30.0 Å². The Morgan fingerprint density at radius 1 is 0.500 bits per heavy atom. The molecule has 6 aromatic rings. The van der Waals surface area contributed by atoms with E-state index in [0.717, 1.165) is 42.2 Å². The first-order valence-corrected chi connectivity index (χ1v) is 16.8. The number of nitrogens with zero attached hydrogens (tertiary/aromatic N) is 1. The Balaban J connectivity index is 0.000000152. The van der Waals surface area contributed by atoms with Crippen molar-refractivity contribution >= 4 is 5.71 Å². The fraction of sp³-hybridized carbons (Fsp3) is 0.159. The molecular weight excluding hydrogens is 588 g/mol. The van der Waals surface area contributed by atoms with Crippen molar-refractivity contribution < 1.29 is 9.47 Å². The van der Waals surface area contributed by atoms with Gasteiger partial charge in [-0.25, -0.2) is 0 Å². The Morgan fingerprint density at radius 2 is 0.979 bits per heavy atom. The lowest BCUT2D eigenvalue weighted by atomic mass is 9.94. The molecule has 6 aromatic carbocycles. The molecule has 0 saturated carbocycles. The summed E-state index contributed by atoms with van der Waals surface area (Å²) in [4.78, 5) is 5.15. The van der Waals surface area contributed by atoms with E-state index in [1.165, 1.54) is 27.8 Å². The predicted molar refractivity (Wildman–Crippen MR) is 195 cm³/mol. The van der Waals surface area contributed by atoms with E-state index < -0.39 is 0 Å². The topological polar surface area (TPSA) is 42.8 Å². The lowest BCUT2D eigenvalue weighted by molar-refractivity contribution is 0.248. The highest BCUT2D eigenvalue weighted by atomic mass is 16.5. The summed E-state index contributed by atoms with van der Waals surface area (Å²) in [5, 5.41) is 3.86. The van der Waals surface area contributed by atoms with Gasteiger partial charge in [-0.15, -0.1) is 0 Å². The third-order valence-electron chi connectivity index (χ3n) is 8.90. The van der Waals surface area contributed by atoms with Crippen LogP contribution < -0.4 is 14.8 Å². The molecule has 0 aromatic heterocycles. The second-order valence-electron chi connectivity index (χ2n) is 12.0. The molecule has 2 heterocycles. The highest BCUT2D eigenvalue weighted by Gasteiger charge is 2.25. The fourth-order valence-electron chi connectivity index (χ4n) is 6.52. The van der Waals surface area contributed by atoms with Gasteiger partial charge in [-0.05, 0) is 40.5 Å². The predicted octanol–water partition coefficient (Wildman–Crippen LogP) is 9.94. The largest absolute Gasteiger partial charge is 0.493 e. The van der Waals surface area contributed by atoms with Gasteiger partial charge in [0.25, 0.3) is 0 Å². The number of ether oxygens (including phenoxy) is 2. The van der Waals surface area contributed by atoms with Gasteiger partial charge >= 0.3 is 0 Å². The molecule has 0 bridgehead atoms. The van der Waals surface area contributed by atoms with Crippen molar-refractivity contribution in [1.82, 2.24) is 5.32 Å². The van der Waals surface area contributed by atoms with E-state index >= 15 is 0 Å². The van der Waals surface area contributed by atoms with Crippen molar-refractivity contribution in [2.45, 2.75) is 31.0 Å². The molecule has 0 aliphatic carbocycles. The van der Waals surface area contributed by atoms with Gasteiger partial charge in [0.15, 0.2) is 0 Å². The van der Waals surface area contributed by atoms with Crippen molar-refractivity contribution in [2.24, 2.45) is 4.99 Å². The van der Waals surface area contributed by atoms with E-state index in [2.05, 4.69) is 139 Å². The van der Waals surface area contributed by atoms with Gasteiger partial charge in [0.2, 0.25) is 0 Å². The standard InChI is InChI=1S/C22H21NO.C22H19NO/c2*1-3-9-17(10-4-1)22(18-11-5-2-6-12-18)23-20-15-16-24-21-14-8-7-13-19(20)21/h1-14,20,22-23H,15-16H2;1-14,22H,15-16H2/t20-;/m1./s1. The smallest absolute Gasteiger partial charge is 0.128 e. The summed E-state index contributed by atoms with van der Waals surface area (Å²) in [7, 11) is 0. The summed E-state index contributed by atoms with van der Waals surface area (Å²) in [6.45, 7) is 1.44. The van der Waals surface area contributed by atoms with E-state index in [4.69, 9.17) is 14.5 Å². The van der Waals surface area contributed by atoms with Crippen LogP contribution in [0.4, 0.5) is 0 Å². The number of hydrogen-bond acceptors (Lipinski definition) is 4. The number of hydrogen-bond donors (Lipinski definition) is 1. The monoisotopic (exact) mass is 628 g/mol. The second-order valence-corrected chi connectivity index (χ2v) is 12.0. The molecule has 1 N–H and O–H groups in total. The first kappa shape index (κ1) is 31.2. The molecular formula is C44H40N2O2. The molecule has 2 aliphatic heterocycles. The summed E-state index contributed by atoms with van der Waals surface area (Å²) < 4.78 is 11.6. The zero-order valence-electron chi connectivity index (χ0n) is 27.0. The molecule has 8 rings (SSSR count). The summed E-state index contributed by atoms with van der Waals surface area (Å²) in [6, 6.07) is 59.2. The summed E-state index contributed by atoms with van der Waals surface area (Å²) in [5.74, 6) is 1.93. The molecule has 4 heteroatoms. The molecule has 4 nitrogen and oxygen atoms in total. The van der Waals surface area contributed by atoms with E-state index in [1.807, 2.05) is 36.4 Å². The van der Waals surface area contributed by atoms with Gasteiger partial charge < -0.3 is 9.47 Å². The Bertz CT molecular complexity index is 1830. The van der Waals surface area contributed by atoms with Crippen molar-refractivity contribution in [3.8, 4) is 11.5 Å². The molecule has 48 heavy (non-hydrogen) atoms. The Labute approximate surface area is 283 Å². The molecule has 1 atom stereocenters. The van der Waals surface area contributed by atoms with Crippen molar-refractivity contribution in [1.29, 1.82) is 0 Å². The average Bonchev–Trinajstić information content (AvgIpc) is 3.18. The highest BCUT2D eigenvalue weighted by molar-refractivity contribution is 6.04. The lowest BCUT2D eigenvalue weighted by Gasteiger charge is -2.31. The van der Waals surface area contributed by atoms with E-state index in [-0.39, 0.29) is 12.1 Å². The maximum Gasteiger partial charge on any atom is 0.128 e. The first-order chi connectivity index (χ1) is 23.8. The van der Waals surface area contributed by atoms with Gasteiger partial charge in [0.05, 0.1) is 25.0 Å². The molecule has 0 unspecified atom stereocenters. The third kappa shape index (κ3) is 7.41. The summed E-state index contributed by atoms with van der Waals surface area (Å²) in [6.07, 6.45) is 1.82. The van der Waals surface area contributed by atoms with Crippen molar-refractivity contribution in [2.75, 3.05) is 13.2 Å². The van der Waals surface area contributed by atoms with Crippen LogP contribution in [0.25, 0.3) is 0 Å². The van der Waals surface area contributed by atoms with Crippen LogP contribution in [0.1, 0.15) is 64.3 Å². The number of nitrogens with one attached hydrogen (secondary N) is 1. The third-order valence-corrected chi connectivity index (χ3v) is 8.90. The number of aliphatic imine (C=N–C) groups is 1. The Hall–Kier alpha value is -5.45. The number of fused-ring (bicyclic) bond motifs is 2. The molecule has 238 valence electrons. The number of rotatable bonds is 7. The quantitative estimate of drug-likeness (QED) is 0.191. The van der Waals surface area contributed by atoms with Crippen LogP contribution in [0, 0.1) is 0 Å². The molecule has 0 spiro atoms. The molecule has 0 radical (unpaired) electrons. The van der Waals surface area contributed by atoms with Crippen LogP contribution in [0.3, 0.4) is 0 Å². The van der Waals surface area contributed by atoms with Crippen LogP contribution in [0.2, 0.25) is 0 Å². The molecule has 0 fully saturated rings. The Kier molecular flexibility index (Phi) is 10.0. The van der Waals surface area contributed by atoms with Gasteiger partial charge in [-0.1, -0.05) is 152 Å². The van der Waals surface area contributed by atoms with Crippen LogP contribution in [0.15, 0.2) is 175 Å². The van der Waals surface area contributed by atoms with Gasteiger partial charge in [-0.2, -0.15) is 0 Å². The minimum absolute atomic E-state index is 0.00792. The maximum absolute atomic E-state index is 5.81. The van der Waals surface area contributed by atoms with Crippen LogP contribution in [0.5, 0.6) is 11.5 Å². The minimum atomic E-state index is 0.00792. The fourth-order valence-corrected chi connectivity index (χ4v) is 6.52. The van der Waals surface area contributed by atoms with E-state index in [1.54, 1.807) is 0 Å². The van der Waals surface area contributed by atoms with Crippen LogP contribution >= 0.6 is 0 Å². The molecule has 0 amide bonds. The summed E-state index contributed by atoms with van der Waals surface area (Å²) in [5.41, 5.74) is 8.47. The van der Waals surface area contributed by atoms with Crippen molar-refractivity contribution in [3.63, 3.8) is 0 Å². The second kappa shape index (κ2) is 15.4. The molecule has 2 aliphatic rings. The first-order valence-electron chi connectivity index (χ1n) is 16.8. The Morgan fingerprint density at radius 3 is 1.58 bits per heavy atom.